The van der Waals surface area contributed by atoms with Crippen LogP contribution in [0.15, 0.2) is 34.1 Å². The number of ether oxygens (including phenoxy) is 2. The van der Waals surface area contributed by atoms with Gasteiger partial charge in [-0.1, -0.05) is 15.9 Å². The summed E-state index contributed by atoms with van der Waals surface area (Å²) in [7, 11) is 0. The van der Waals surface area contributed by atoms with Gasteiger partial charge in [0.15, 0.2) is 11.2 Å². The quantitative estimate of drug-likeness (QED) is 0.704. The predicted octanol–water partition coefficient (Wildman–Crippen LogP) is 3.42. The van der Waals surface area contributed by atoms with Crippen LogP contribution in [-0.2, 0) is 20.7 Å². The Hall–Kier alpha value is -1.93. The van der Waals surface area contributed by atoms with E-state index >= 15 is 0 Å². The summed E-state index contributed by atoms with van der Waals surface area (Å²) < 4.78 is 11.4. The lowest BCUT2D eigenvalue weighted by atomic mass is 10.3. The van der Waals surface area contributed by atoms with Gasteiger partial charge in [0.05, 0.1) is 18.7 Å². The average Bonchev–Trinajstić information content (AvgIpc) is 2.96. The van der Waals surface area contributed by atoms with Crippen LogP contribution in [0.3, 0.4) is 0 Å². The van der Waals surface area contributed by atoms with Gasteiger partial charge in [0.1, 0.15) is 5.75 Å². The third-order valence-electron chi connectivity index (χ3n) is 2.91. The molecule has 1 aromatic carbocycles. The summed E-state index contributed by atoms with van der Waals surface area (Å²) in [6, 6.07) is 7.22. The van der Waals surface area contributed by atoms with Gasteiger partial charge in [0.25, 0.3) is 5.91 Å². The fourth-order valence-corrected chi connectivity index (χ4v) is 2.76. The minimum Gasteiger partial charge on any atom is -0.481 e. The fraction of sp³-hybridized carbons (Fsp3) is 0.312. The van der Waals surface area contributed by atoms with Gasteiger partial charge in [0, 0.05) is 9.85 Å². The number of halogens is 1. The number of thiazole rings is 1. The number of hydrogen-bond donors (Lipinski definition) is 1. The standard InChI is InChI=1S/C16H17BrN2O4S/c1-3-22-14(20)8-12-9-24-16(18-12)19-15(21)10(2)23-13-6-4-11(17)5-7-13/h4-7,9-10H,3,8H2,1-2H3,(H,18,19,21)/t10-/m0/s1. The number of rotatable bonds is 7. The van der Waals surface area contributed by atoms with Crippen molar-refractivity contribution in [3.8, 4) is 5.75 Å². The van der Waals surface area contributed by atoms with Crippen LogP contribution < -0.4 is 10.1 Å². The number of carbonyl (C=O) groups excluding carboxylic acids is 2. The van der Waals surface area contributed by atoms with Gasteiger partial charge in [-0.05, 0) is 38.1 Å². The maximum Gasteiger partial charge on any atom is 0.311 e. The first-order valence-corrected chi connectivity index (χ1v) is 8.98. The molecule has 0 aliphatic heterocycles. The molecular weight excluding hydrogens is 396 g/mol. The van der Waals surface area contributed by atoms with Crippen molar-refractivity contribution < 1.29 is 19.1 Å². The van der Waals surface area contributed by atoms with E-state index in [2.05, 4.69) is 26.2 Å². The molecule has 0 saturated carbocycles. The predicted molar refractivity (Wildman–Crippen MR) is 95.3 cm³/mol. The minimum atomic E-state index is -0.677. The zero-order chi connectivity index (χ0) is 17.5. The van der Waals surface area contributed by atoms with E-state index in [1.165, 1.54) is 11.3 Å². The van der Waals surface area contributed by atoms with Gasteiger partial charge in [-0.15, -0.1) is 11.3 Å². The van der Waals surface area contributed by atoms with Crippen molar-refractivity contribution in [2.45, 2.75) is 26.4 Å². The van der Waals surface area contributed by atoms with Crippen molar-refractivity contribution in [3.05, 3.63) is 39.8 Å². The number of carbonyl (C=O) groups is 2. The molecule has 128 valence electrons. The van der Waals surface area contributed by atoms with Crippen LogP contribution in [-0.4, -0.2) is 29.6 Å². The van der Waals surface area contributed by atoms with Crippen molar-refractivity contribution in [2.75, 3.05) is 11.9 Å². The number of esters is 1. The normalized spacial score (nSPS) is 11.6. The summed E-state index contributed by atoms with van der Waals surface area (Å²) in [5, 5.41) is 4.82. The van der Waals surface area contributed by atoms with E-state index in [-0.39, 0.29) is 18.3 Å². The molecule has 0 bridgehead atoms. The SMILES string of the molecule is CCOC(=O)Cc1csc(NC(=O)[C@H](C)Oc2ccc(Br)cc2)n1. The monoisotopic (exact) mass is 412 g/mol. The largest absolute Gasteiger partial charge is 0.481 e. The Bertz CT molecular complexity index is 702. The molecule has 0 spiro atoms. The lowest BCUT2D eigenvalue weighted by Crippen LogP contribution is -2.30. The topological polar surface area (TPSA) is 77.5 Å². The summed E-state index contributed by atoms with van der Waals surface area (Å²) in [5.41, 5.74) is 0.565. The Morgan fingerprint density at radius 2 is 2.04 bits per heavy atom. The Labute approximate surface area is 152 Å². The Morgan fingerprint density at radius 3 is 2.71 bits per heavy atom. The highest BCUT2D eigenvalue weighted by Gasteiger charge is 2.17. The van der Waals surface area contributed by atoms with E-state index in [4.69, 9.17) is 9.47 Å². The second-order valence-electron chi connectivity index (χ2n) is 4.83. The second kappa shape index (κ2) is 8.79. The van der Waals surface area contributed by atoms with Gasteiger partial charge in [-0.3, -0.25) is 14.9 Å². The third-order valence-corrected chi connectivity index (χ3v) is 4.24. The molecule has 2 aromatic rings. The second-order valence-corrected chi connectivity index (χ2v) is 6.60. The Balaban J connectivity index is 1.88. The van der Waals surface area contributed by atoms with E-state index in [1.807, 2.05) is 12.1 Å². The molecule has 24 heavy (non-hydrogen) atoms. The average molecular weight is 413 g/mol. The van der Waals surface area contributed by atoms with Gasteiger partial charge in [0.2, 0.25) is 0 Å². The Kier molecular flexibility index (Phi) is 6.74. The van der Waals surface area contributed by atoms with E-state index in [0.29, 0.717) is 23.2 Å². The van der Waals surface area contributed by atoms with Crippen molar-refractivity contribution in [2.24, 2.45) is 0 Å². The summed E-state index contributed by atoms with van der Waals surface area (Å²) in [5.74, 6) is -0.0504. The summed E-state index contributed by atoms with van der Waals surface area (Å²) >= 11 is 4.59. The number of amides is 1. The van der Waals surface area contributed by atoms with Crippen molar-refractivity contribution >= 4 is 44.3 Å². The lowest BCUT2D eigenvalue weighted by Gasteiger charge is -2.13. The zero-order valence-corrected chi connectivity index (χ0v) is 15.6. The molecule has 0 aliphatic rings. The highest BCUT2D eigenvalue weighted by atomic mass is 79.9. The van der Waals surface area contributed by atoms with Gasteiger partial charge >= 0.3 is 5.97 Å². The van der Waals surface area contributed by atoms with Crippen LogP contribution in [0.5, 0.6) is 5.75 Å². The molecule has 1 aromatic heterocycles. The van der Waals surface area contributed by atoms with E-state index in [9.17, 15) is 9.59 Å². The molecule has 0 saturated heterocycles. The first-order chi connectivity index (χ1) is 11.5. The molecule has 1 atom stereocenters. The molecule has 0 radical (unpaired) electrons. The highest BCUT2D eigenvalue weighted by Crippen LogP contribution is 2.19. The minimum absolute atomic E-state index is 0.0884. The van der Waals surface area contributed by atoms with Gasteiger partial charge < -0.3 is 9.47 Å². The molecule has 6 nitrogen and oxygen atoms in total. The summed E-state index contributed by atoms with van der Waals surface area (Å²) in [4.78, 5) is 27.8. The number of hydrogen-bond acceptors (Lipinski definition) is 6. The maximum atomic E-state index is 12.1. The molecule has 0 fully saturated rings. The van der Waals surface area contributed by atoms with Crippen molar-refractivity contribution in [1.82, 2.24) is 4.98 Å². The van der Waals surface area contributed by atoms with Crippen LogP contribution in [0, 0.1) is 0 Å². The highest BCUT2D eigenvalue weighted by molar-refractivity contribution is 9.10. The lowest BCUT2D eigenvalue weighted by molar-refractivity contribution is -0.142. The molecule has 2 rings (SSSR count). The number of anilines is 1. The molecule has 1 heterocycles. The van der Waals surface area contributed by atoms with Crippen molar-refractivity contribution in [1.29, 1.82) is 0 Å². The van der Waals surface area contributed by atoms with Crippen LogP contribution in [0.2, 0.25) is 0 Å². The molecular formula is C16H17BrN2O4S. The maximum absolute atomic E-state index is 12.1. The van der Waals surface area contributed by atoms with Crippen molar-refractivity contribution in [3.63, 3.8) is 0 Å². The van der Waals surface area contributed by atoms with Gasteiger partial charge in [-0.2, -0.15) is 0 Å². The van der Waals surface area contributed by atoms with Crippen LogP contribution in [0.1, 0.15) is 19.5 Å². The van der Waals surface area contributed by atoms with Crippen LogP contribution in [0.4, 0.5) is 5.13 Å². The Morgan fingerprint density at radius 1 is 1.33 bits per heavy atom. The van der Waals surface area contributed by atoms with E-state index in [1.54, 1.807) is 31.4 Å². The third kappa shape index (κ3) is 5.61. The molecule has 1 amide bonds. The van der Waals surface area contributed by atoms with E-state index < -0.39 is 6.10 Å². The number of nitrogens with zero attached hydrogens (tertiary/aromatic N) is 1. The number of nitrogens with one attached hydrogen (secondary N) is 1. The van der Waals surface area contributed by atoms with Gasteiger partial charge in [-0.25, -0.2) is 4.98 Å². The molecule has 8 heteroatoms. The number of aromatic nitrogens is 1. The summed E-state index contributed by atoms with van der Waals surface area (Å²) in [6.45, 7) is 3.74. The smallest absolute Gasteiger partial charge is 0.311 e. The van der Waals surface area contributed by atoms with Crippen LogP contribution >= 0.6 is 27.3 Å². The van der Waals surface area contributed by atoms with E-state index in [0.717, 1.165) is 4.47 Å². The molecule has 0 aliphatic carbocycles. The fourth-order valence-electron chi connectivity index (χ4n) is 1.78. The molecule has 0 unspecified atom stereocenters. The first-order valence-electron chi connectivity index (χ1n) is 7.31. The first kappa shape index (κ1) is 18.4. The summed E-state index contributed by atoms with van der Waals surface area (Å²) in [6.07, 6.45) is -0.589. The molecule has 1 N–H and O–H groups in total. The number of benzene rings is 1. The van der Waals surface area contributed by atoms with Crippen LogP contribution in [0.25, 0.3) is 0 Å². The zero-order valence-electron chi connectivity index (χ0n) is 13.2.